The molecule has 0 unspecified atom stereocenters. The Morgan fingerprint density at radius 1 is 1.29 bits per heavy atom. The van der Waals surface area contributed by atoms with E-state index in [1.807, 2.05) is 13.0 Å². The standard InChI is InChI=1S/C14H20FNO/c1-2-17-14-9-8-12(10-13(14)15)16-11-6-4-3-5-7-11/h8-11,16H,2-7H2,1H3. The summed E-state index contributed by atoms with van der Waals surface area (Å²) in [7, 11) is 0. The van der Waals surface area contributed by atoms with Gasteiger partial charge in [-0.3, -0.25) is 0 Å². The van der Waals surface area contributed by atoms with Crippen molar-refractivity contribution >= 4 is 5.69 Å². The molecule has 1 N–H and O–H groups in total. The van der Waals surface area contributed by atoms with Crippen molar-refractivity contribution in [3.8, 4) is 5.75 Å². The zero-order valence-electron chi connectivity index (χ0n) is 10.3. The molecular weight excluding hydrogens is 217 g/mol. The first-order chi connectivity index (χ1) is 8.29. The van der Waals surface area contributed by atoms with Crippen LogP contribution in [0.4, 0.5) is 10.1 Å². The van der Waals surface area contributed by atoms with Gasteiger partial charge in [-0.05, 0) is 31.9 Å². The Labute approximate surface area is 102 Å². The molecule has 0 atom stereocenters. The third-order valence-corrected chi connectivity index (χ3v) is 3.21. The van der Waals surface area contributed by atoms with Crippen LogP contribution in [0.5, 0.6) is 5.75 Å². The minimum absolute atomic E-state index is 0.285. The van der Waals surface area contributed by atoms with Crippen LogP contribution in [0.3, 0.4) is 0 Å². The largest absolute Gasteiger partial charge is 0.491 e. The van der Waals surface area contributed by atoms with E-state index in [1.165, 1.54) is 38.2 Å². The fourth-order valence-corrected chi connectivity index (χ4v) is 2.35. The van der Waals surface area contributed by atoms with E-state index in [1.54, 1.807) is 6.07 Å². The van der Waals surface area contributed by atoms with E-state index in [4.69, 9.17) is 4.74 Å². The summed E-state index contributed by atoms with van der Waals surface area (Å²) in [5.41, 5.74) is 0.859. The highest BCUT2D eigenvalue weighted by atomic mass is 19.1. The molecule has 0 spiro atoms. The molecular formula is C14H20FNO. The van der Waals surface area contributed by atoms with E-state index in [2.05, 4.69) is 5.32 Å². The number of hydrogen-bond donors (Lipinski definition) is 1. The molecule has 0 aliphatic heterocycles. The highest BCUT2D eigenvalue weighted by molar-refractivity contribution is 5.48. The van der Waals surface area contributed by atoms with Gasteiger partial charge in [-0.2, -0.15) is 0 Å². The molecule has 0 saturated heterocycles. The van der Waals surface area contributed by atoms with Gasteiger partial charge in [0.05, 0.1) is 6.61 Å². The highest BCUT2D eigenvalue weighted by Crippen LogP contribution is 2.25. The fraction of sp³-hybridized carbons (Fsp3) is 0.571. The second-order valence-electron chi connectivity index (χ2n) is 4.56. The first kappa shape index (κ1) is 12.2. The van der Waals surface area contributed by atoms with Gasteiger partial charge < -0.3 is 10.1 Å². The summed E-state index contributed by atoms with van der Waals surface area (Å²) in [5.74, 6) is 0.0503. The van der Waals surface area contributed by atoms with Gasteiger partial charge in [-0.15, -0.1) is 0 Å². The topological polar surface area (TPSA) is 21.3 Å². The van der Waals surface area contributed by atoms with E-state index in [0.29, 0.717) is 18.4 Å². The molecule has 1 saturated carbocycles. The lowest BCUT2D eigenvalue weighted by atomic mass is 9.95. The van der Waals surface area contributed by atoms with Crippen LogP contribution in [0.2, 0.25) is 0 Å². The van der Waals surface area contributed by atoms with Gasteiger partial charge in [0.25, 0.3) is 0 Å². The lowest BCUT2D eigenvalue weighted by Crippen LogP contribution is -2.22. The van der Waals surface area contributed by atoms with Crippen molar-refractivity contribution in [3.05, 3.63) is 24.0 Å². The first-order valence-electron chi connectivity index (χ1n) is 6.48. The van der Waals surface area contributed by atoms with Crippen molar-refractivity contribution in [3.63, 3.8) is 0 Å². The molecule has 0 aromatic heterocycles. The molecule has 2 nitrogen and oxygen atoms in total. The molecule has 1 aliphatic carbocycles. The SMILES string of the molecule is CCOc1ccc(NC2CCCCC2)cc1F. The monoisotopic (exact) mass is 237 g/mol. The minimum atomic E-state index is -0.285. The predicted molar refractivity (Wildman–Crippen MR) is 68.1 cm³/mol. The molecule has 2 rings (SSSR count). The Balaban J connectivity index is 1.98. The average molecular weight is 237 g/mol. The second kappa shape index (κ2) is 5.89. The molecule has 0 bridgehead atoms. The first-order valence-corrected chi connectivity index (χ1v) is 6.48. The van der Waals surface area contributed by atoms with Crippen LogP contribution in [-0.2, 0) is 0 Å². The zero-order chi connectivity index (χ0) is 12.1. The Morgan fingerprint density at radius 2 is 2.06 bits per heavy atom. The van der Waals surface area contributed by atoms with Crippen molar-refractivity contribution in [1.29, 1.82) is 0 Å². The van der Waals surface area contributed by atoms with E-state index < -0.39 is 0 Å². The number of nitrogens with one attached hydrogen (secondary N) is 1. The van der Waals surface area contributed by atoms with Crippen LogP contribution in [0.1, 0.15) is 39.0 Å². The van der Waals surface area contributed by atoms with Crippen molar-refractivity contribution in [2.45, 2.75) is 45.1 Å². The summed E-state index contributed by atoms with van der Waals surface area (Å²) in [4.78, 5) is 0. The summed E-state index contributed by atoms with van der Waals surface area (Å²) in [5, 5.41) is 3.40. The second-order valence-corrected chi connectivity index (χ2v) is 4.56. The van der Waals surface area contributed by atoms with Gasteiger partial charge in [0, 0.05) is 17.8 Å². The van der Waals surface area contributed by atoms with Crippen molar-refractivity contribution in [2.24, 2.45) is 0 Å². The molecule has 0 amide bonds. The molecule has 17 heavy (non-hydrogen) atoms. The third kappa shape index (κ3) is 3.35. The minimum Gasteiger partial charge on any atom is -0.491 e. The van der Waals surface area contributed by atoms with Gasteiger partial charge >= 0.3 is 0 Å². The van der Waals surface area contributed by atoms with Crippen molar-refractivity contribution in [1.82, 2.24) is 0 Å². The van der Waals surface area contributed by atoms with E-state index >= 15 is 0 Å². The van der Waals surface area contributed by atoms with Crippen LogP contribution in [0.25, 0.3) is 0 Å². The summed E-state index contributed by atoms with van der Waals surface area (Å²) >= 11 is 0. The molecule has 3 heteroatoms. The van der Waals surface area contributed by atoms with E-state index in [-0.39, 0.29) is 5.82 Å². The number of benzene rings is 1. The van der Waals surface area contributed by atoms with Crippen molar-refractivity contribution < 1.29 is 9.13 Å². The van der Waals surface area contributed by atoms with Gasteiger partial charge in [0.15, 0.2) is 11.6 Å². The van der Waals surface area contributed by atoms with E-state index in [0.717, 1.165) is 5.69 Å². The van der Waals surface area contributed by atoms with Gasteiger partial charge in [0.2, 0.25) is 0 Å². The number of ether oxygens (including phenoxy) is 1. The van der Waals surface area contributed by atoms with Gasteiger partial charge in [0.1, 0.15) is 0 Å². The highest BCUT2D eigenvalue weighted by Gasteiger charge is 2.13. The quantitative estimate of drug-likeness (QED) is 0.855. The maximum Gasteiger partial charge on any atom is 0.167 e. The van der Waals surface area contributed by atoms with Gasteiger partial charge in [-0.25, -0.2) is 4.39 Å². The molecule has 0 radical (unpaired) electrons. The Bertz CT molecular complexity index is 361. The maximum atomic E-state index is 13.6. The number of hydrogen-bond acceptors (Lipinski definition) is 2. The Hall–Kier alpha value is -1.25. The Morgan fingerprint density at radius 3 is 2.71 bits per heavy atom. The summed E-state index contributed by atoms with van der Waals surface area (Å²) in [6.45, 7) is 2.35. The lowest BCUT2D eigenvalue weighted by Gasteiger charge is -2.24. The molecule has 1 aliphatic rings. The van der Waals surface area contributed by atoms with Crippen LogP contribution in [-0.4, -0.2) is 12.6 Å². The summed E-state index contributed by atoms with van der Waals surface area (Å²) in [6, 6.07) is 5.62. The molecule has 0 heterocycles. The predicted octanol–water partition coefficient (Wildman–Crippen LogP) is 3.97. The molecule has 94 valence electrons. The van der Waals surface area contributed by atoms with Crippen LogP contribution >= 0.6 is 0 Å². The molecule has 1 aromatic carbocycles. The normalized spacial score (nSPS) is 16.8. The van der Waals surface area contributed by atoms with Crippen molar-refractivity contribution in [2.75, 3.05) is 11.9 Å². The van der Waals surface area contributed by atoms with Gasteiger partial charge in [-0.1, -0.05) is 19.3 Å². The number of halogens is 1. The van der Waals surface area contributed by atoms with Crippen LogP contribution < -0.4 is 10.1 Å². The van der Waals surface area contributed by atoms with Crippen LogP contribution in [0, 0.1) is 5.82 Å². The Kier molecular flexibility index (Phi) is 4.24. The maximum absolute atomic E-state index is 13.6. The number of anilines is 1. The smallest absolute Gasteiger partial charge is 0.167 e. The van der Waals surface area contributed by atoms with E-state index in [9.17, 15) is 4.39 Å². The molecule has 1 fully saturated rings. The van der Waals surface area contributed by atoms with Crippen LogP contribution in [0.15, 0.2) is 18.2 Å². The summed E-state index contributed by atoms with van der Waals surface area (Å²) in [6.07, 6.45) is 6.26. The zero-order valence-corrected chi connectivity index (χ0v) is 10.3. The summed E-state index contributed by atoms with van der Waals surface area (Å²) < 4.78 is 18.8. The number of rotatable bonds is 4. The fourth-order valence-electron chi connectivity index (χ4n) is 2.35. The molecule has 1 aromatic rings. The average Bonchev–Trinajstić information content (AvgIpc) is 2.34. The third-order valence-electron chi connectivity index (χ3n) is 3.21. The lowest BCUT2D eigenvalue weighted by molar-refractivity contribution is 0.321.